The summed E-state index contributed by atoms with van der Waals surface area (Å²) < 4.78 is 28.3. The van der Waals surface area contributed by atoms with Gasteiger partial charge in [-0.25, -0.2) is 13.1 Å². The fourth-order valence-corrected chi connectivity index (χ4v) is 4.85. The SMILES string of the molecule is O=C(O)CC/C=C\[C@H]1C[C@@H](NS(=O)(=O)c2ccc(Cl)cc2)CN1Cc1cccnc1. The number of carbonyl (C=O) groups is 1. The second-order valence-electron chi connectivity index (χ2n) is 7.23. The molecule has 0 saturated carbocycles. The summed E-state index contributed by atoms with van der Waals surface area (Å²) in [5.74, 6) is -0.841. The van der Waals surface area contributed by atoms with Gasteiger partial charge in [-0.15, -0.1) is 0 Å². The highest BCUT2D eigenvalue weighted by atomic mass is 35.5. The Balaban J connectivity index is 1.71. The molecule has 0 radical (unpaired) electrons. The number of allylic oxidation sites excluding steroid dienone is 1. The Kier molecular flexibility index (Phi) is 7.60. The van der Waals surface area contributed by atoms with Crippen LogP contribution in [0.15, 0.2) is 65.8 Å². The number of halogens is 1. The van der Waals surface area contributed by atoms with Crippen LogP contribution < -0.4 is 4.72 Å². The van der Waals surface area contributed by atoms with E-state index in [9.17, 15) is 13.2 Å². The van der Waals surface area contributed by atoms with Crippen LogP contribution in [0.1, 0.15) is 24.8 Å². The molecular weight excluding hydrogens is 426 g/mol. The van der Waals surface area contributed by atoms with Crippen molar-refractivity contribution in [1.82, 2.24) is 14.6 Å². The number of likely N-dealkylation sites (tertiary alicyclic amines) is 1. The molecule has 1 aliphatic heterocycles. The van der Waals surface area contributed by atoms with Crippen molar-refractivity contribution in [1.29, 1.82) is 0 Å². The van der Waals surface area contributed by atoms with Crippen molar-refractivity contribution in [3.63, 3.8) is 0 Å². The van der Waals surface area contributed by atoms with Gasteiger partial charge in [-0.2, -0.15) is 0 Å². The molecule has 30 heavy (non-hydrogen) atoms. The van der Waals surface area contributed by atoms with Crippen LogP contribution in [0, 0.1) is 0 Å². The number of pyridine rings is 1. The van der Waals surface area contributed by atoms with Crippen molar-refractivity contribution in [3.05, 3.63) is 71.5 Å². The van der Waals surface area contributed by atoms with Crippen LogP contribution in [0.2, 0.25) is 5.02 Å². The second-order valence-corrected chi connectivity index (χ2v) is 9.38. The van der Waals surface area contributed by atoms with E-state index in [1.54, 1.807) is 24.5 Å². The van der Waals surface area contributed by atoms with Crippen LogP contribution in [0.4, 0.5) is 0 Å². The predicted molar refractivity (Wildman–Crippen MR) is 115 cm³/mol. The fraction of sp³-hybridized carbons (Fsp3) is 0.333. The van der Waals surface area contributed by atoms with Gasteiger partial charge in [0.1, 0.15) is 0 Å². The lowest BCUT2D eigenvalue weighted by atomic mass is 10.1. The maximum Gasteiger partial charge on any atom is 0.303 e. The van der Waals surface area contributed by atoms with Crippen LogP contribution in [0.3, 0.4) is 0 Å². The molecule has 7 nitrogen and oxygen atoms in total. The van der Waals surface area contributed by atoms with E-state index in [-0.39, 0.29) is 23.4 Å². The van der Waals surface area contributed by atoms with E-state index < -0.39 is 16.0 Å². The van der Waals surface area contributed by atoms with E-state index >= 15 is 0 Å². The lowest BCUT2D eigenvalue weighted by molar-refractivity contribution is -0.136. The summed E-state index contributed by atoms with van der Waals surface area (Å²) in [6, 6.07) is 9.63. The summed E-state index contributed by atoms with van der Waals surface area (Å²) in [5.41, 5.74) is 1.03. The number of carboxylic acid groups (broad SMARTS) is 1. The standard InChI is InChI=1S/C21H24ClN3O4S/c22-17-7-9-20(10-8-17)30(28,29)24-18-12-19(5-1-2-6-21(26)27)25(15-18)14-16-4-3-11-23-13-16/h1,3-5,7-11,13,18-19,24H,2,6,12,14-15H2,(H,26,27)/b5-1-/t18-,19+/m1/s1. The molecule has 0 amide bonds. The Bertz CT molecular complexity index is 981. The highest BCUT2D eigenvalue weighted by Crippen LogP contribution is 2.24. The zero-order valence-electron chi connectivity index (χ0n) is 16.3. The molecule has 0 spiro atoms. The molecular formula is C21H24ClN3O4S. The van der Waals surface area contributed by atoms with Crippen molar-refractivity contribution in [3.8, 4) is 0 Å². The van der Waals surface area contributed by atoms with Gasteiger partial charge in [-0.05, 0) is 48.7 Å². The van der Waals surface area contributed by atoms with E-state index in [0.717, 1.165) is 5.56 Å². The van der Waals surface area contributed by atoms with Crippen molar-refractivity contribution < 1.29 is 18.3 Å². The predicted octanol–water partition coefficient (Wildman–Crippen LogP) is 3.08. The number of carboxylic acids is 1. The van der Waals surface area contributed by atoms with Crippen molar-refractivity contribution in [2.75, 3.05) is 6.54 Å². The van der Waals surface area contributed by atoms with Crippen LogP contribution in [-0.4, -0.2) is 48.0 Å². The van der Waals surface area contributed by atoms with Gasteiger partial charge >= 0.3 is 5.97 Å². The molecule has 2 aromatic rings. The summed E-state index contributed by atoms with van der Waals surface area (Å²) in [6.07, 6.45) is 8.42. The molecule has 1 aromatic heterocycles. The number of nitrogens with one attached hydrogen (secondary N) is 1. The number of hydrogen-bond donors (Lipinski definition) is 2. The summed E-state index contributed by atoms with van der Waals surface area (Å²) in [5, 5.41) is 9.29. The van der Waals surface area contributed by atoms with Gasteiger partial charge in [-0.3, -0.25) is 14.7 Å². The first kappa shape index (κ1) is 22.4. The first-order chi connectivity index (χ1) is 14.3. The molecule has 0 aliphatic carbocycles. The average Bonchev–Trinajstić information content (AvgIpc) is 3.06. The van der Waals surface area contributed by atoms with Gasteiger partial charge in [0.15, 0.2) is 0 Å². The minimum Gasteiger partial charge on any atom is -0.481 e. The average molecular weight is 450 g/mol. The van der Waals surface area contributed by atoms with Gasteiger partial charge in [0.2, 0.25) is 10.0 Å². The molecule has 160 valence electrons. The smallest absolute Gasteiger partial charge is 0.303 e. The Labute approximate surface area is 181 Å². The first-order valence-corrected chi connectivity index (χ1v) is 11.5. The van der Waals surface area contributed by atoms with Gasteiger partial charge < -0.3 is 5.11 Å². The normalized spacial score (nSPS) is 20.0. The molecule has 3 rings (SSSR count). The number of benzene rings is 1. The number of hydrogen-bond acceptors (Lipinski definition) is 5. The summed E-state index contributed by atoms with van der Waals surface area (Å²) in [6.45, 7) is 1.16. The Hall–Kier alpha value is -2.26. The van der Waals surface area contributed by atoms with E-state index in [1.165, 1.54) is 12.1 Å². The third kappa shape index (κ3) is 6.37. The molecule has 1 aromatic carbocycles. The third-order valence-electron chi connectivity index (χ3n) is 4.89. The minimum absolute atomic E-state index is 0.00285. The molecule has 0 bridgehead atoms. The lowest BCUT2D eigenvalue weighted by Crippen LogP contribution is -2.37. The summed E-state index contributed by atoms with van der Waals surface area (Å²) in [7, 11) is -3.67. The number of sulfonamides is 1. The van der Waals surface area contributed by atoms with Crippen molar-refractivity contribution in [2.45, 2.75) is 42.8 Å². The zero-order chi connectivity index (χ0) is 21.6. The third-order valence-corrected chi connectivity index (χ3v) is 6.68. The largest absolute Gasteiger partial charge is 0.481 e. The number of nitrogens with zero attached hydrogens (tertiary/aromatic N) is 2. The van der Waals surface area contributed by atoms with Crippen LogP contribution in [0.25, 0.3) is 0 Å². The van der Waals surface area contributed by atoms with E-state index in [1.807, 2.05) is 24.3 Å². The first-order valence-electron chi connectivity index (χ1n) is 9.63. The Morgan fingerprint density at radius 1 is 1.30 bits per heavy atom. The Morgan fingerprint density at radius 2 is 2.07 bits per heavy atom. The van der Waals surface area contributed by atoms with Crippen LogP contribution in [0.5, 0.6) is 0 Å². The zero-order valence-corrected chi connectivity index (χ0v) is 17.9. The number of aliphatic carboxylic acids is 1. The maximum absolute atomic E-state index is 12.7. The molecule has 9 heteroatoms. The highest BCUT2D eigenvalue weighted by molar-refractivity contribution is 7.89. The molecule has 1 fully saturated rings. The topological polar surface area (TPSA) is 99.6 Å². The molecule has 2 N–H and O–H groups in total. The van der Waals surface area contributed by atoms with E-state index in [0.29, 0.717) is 31.0 Å². The van der Waals surface area contributed by atoms with Gasteiger partial charge in [0.25, 0.3) is 0 Å². The highest BCUT2D eigenvalue weighted by Gasteiger charge is 2.33. The van der Waals surface area contributed by atoms with E-state index in [2.05, 4.69) is 14.6 Å². The van der Waals surface area contributed by atoms with Gasteiger partial charge in [-0.1, -0.05) is 29.8 Å². The fourth-order valence-electron chi connectivity index (χ4n) is 3.49. The molecule has 1 aliphatic rings. The van der Waals surface area contributed by atoms with Crippen molar-refractivity contribution >= 4 is 27.6 Å². The van der Waals surface area contributed by atoms with Gasteiger partial charge in [0, 0.05) is 49.0 Å². The molecule has 2 heterocycles. The number of rotatable bonds is 9. The van der Waals surface area contributed by atoms with Crippen LogP contribution >= 0.6 is 11.6 Å². The summed E-state index contributed by atoms with van der Waals surface area (Å²) in [4.78, 5) is 17.2. The van der Waals surface area contributed by atoms with Gasteiger partial charge in [0.05, 0.1) is 4.90 Å². The van der Waals surface area contributed by atoms with Crippen LogP contribution in [-0.2, 0) is 21.4 Å². The number of aromatic nitrogens is 1. The lowest BCUT2D eigenvalue weighted by Gasteiger charge is -2.21. The molecule has 1 saturated heterocycles. The summed E-state index contributed by atoms with van der Waals surface area (Å²) >= 11 is 5.86. The molecule has 2 atom stereocenters. The quantitative estimate of drug-likeness (QED) is 0.571. The minimum atomic E-state index is -3.67. The second kappa shape index (κ2) is 10.2. The van der Waals surface area contributed by atoms with E-state index in [4.69, 9.17) is 16.7 Å². The maximum atomic E-state index is 12.7. The Morgan fingerprint density at radius 3 is 2.73 bits per heavy atom. The van der Waals surface area contributed by atoms with Crippen molar-refractivity contribution in [2.24, 2.45) is 0 Å². The molecule has 0 unspecified atom stereocenters. The monoisotopic (exact) mass is 449 g/mol.